The monoisotopic (exact) mass is 672 g/mol. The summed E-state index contributed by atoms with van der Waals surface area (Å²) in [6.07, 6.45) is 2.42. The van der Waals surface area contributed by atoms with E-state index in [0.717, 1.165) is 31.2 Å². The Hall–Kier alpha value is -2.98. The maximum Gasteiger partial charge on any atom is 0.245 e. The molecule has 1 heterocycles. The highest BCUT2D eigenvalue weighted by atomic mass is 16.5. The Balaban J connectivity index is 2.20. The van der Waals surface area contributed by atoms with Gasteiger partial charge in [-0.2, -0.15) is 0 Å². The topological polar surface area (TPSA) is 117 Å². The summed E-state index contributed by atoms with van der Waals surface area (Å²) < 4.78 is 11.9. The number of methoxy groups -OCH3 is 2. The molecule has 0 saturated carbocycles. The van der Waals surface area contributed by atoms with Crippen molar-refractivity contribution in [1.29, 1.82) is 0 Å². The number of likely N-dealkylation sites (N-methyl/N-ethyl adjacent to an activating group) is 1. The molecule has 1 fully saturated rings. The number of nitrogens with zero attached hydrogens (tertiary/aromatic N) is 2. The Labute approximate surface area is 290 Å². The fourth-order valence-electron chi connectivity index (χ4n) is 7.04. The van der Waals surface area contributed by atoms with Crippen molar-refractivity contribution in [3.63, 3.8) is 0 Å². The first-order valence-electron chi connectivity index (χ1n) is 17.9. The molecule has 1 saturated heterocycles. The zero-order valence-electron chi connectivity index (χ0n) is 31.5. The quantitative estimate of drug-likeness (QED) is 0.217. The Morgan fingerprint density at radius 1 is 0.938 bits per heavy atom. The molecule has 0 unspecified atom stereocenters. The van der Waals surface area contributed by atoms with Crippen LogP contribution in [0.1, 0.15) is 93.1 Å². The SMILES string of the molecule is CC[C@H](C)[C@@H]([C@@H](CC(=O)N1CCC[C@H]1[C@H](OC)[C@@H](C)C(=O)N[C@H](C)Cc1ccccc1)OC)N(C)C(=O)[C@@H](NC(=O)CC(C)C)C(C)C. The van der Waals surface area contributed by atoms with Gasteiger partial charge in [0, 0.05) is 40.3 Å². The molecule has 272 valence electrons. The van der Waals surface area contributed by atoms with E-state index in [4.69, 9.17) is 9.47 Å². The highest BCUT2D eigenvalue weighted by molar-refractivity contribution is 5.88. The molecule has 4 amide bonds. The van der Waals surface area contributed by atoms with Gasteiger partial charge in [-0.25, -0.2) is 0 Å². The summed E-state index contributed by atoms with van der Waals surface area (Å²) in [5.74, 6) is -0.915. The van der Waals surface area contributed by atoms with E-state index < -0.39 is 30.2 Å². The Bertz CT molecular complexity index is 1160. The van der Waals surface area contributed by atoms with Crippen LogP contribution < -0.4 is 10.6 Å². The first-order valence-corrected chi connectivity index (χ1v) is 17.9. The van der Waals surface area contributed by atoms with Gasteiger partial charge >= 0.3 is 0 Å². The van der Waals surface area contributed by atoms with Crippen LogP contribution in [0.25, 0.3) is 0 Å². The van der Waals surface area contributed by atoms with Crippen LogP contribution in [0.3, 0.4) is 0 Å². The third-order valence-electron chi connectivity index (χ3n) is 9.87. The van der Waals surface area contributed by atoms with Gasteiger partial charge < -0.3 is 29.9 Å². The van der Waals surface area contributed by atoms with Crippen LogP contribution in [0.2, 0.25) is 0 Å². The molecule has 2 rings (SSSR count). The molecule has 1 aromatic carbocycles. The number of hydrogen-bond acceptors (Lipinski definition) is 6. The van der Waals surface area contributed by atoms with E-state index in [0.29, 0.717) is 13.0 Å². The van der Waals surface area contributed by atoms with Crippen molar-refractivity contribution in [3.05, 3.63) is 35.9 Å². The summed E-state index contributed by atoms with van der Waals surface area (Å²) in [6.45, 7) is 16.3. The second-order valence-electron chi connectivity index (χ2n) is 14.6. The molecule has 1 aliphatic rings. The number of nitrogens with one attached hydrogen (secondary N) is 2. The minimum Gasteiger partial charge on any atom is -0.379 e. The number of carbonyl (C=O) groups excluding carboxylic acids is 4. The molecule has 8 atom stereocenters. The highest BCUT2D eigenvalue weighted by Crippen LogP contribution is 2.29. The van der Waals surface area contributed by atoms with E-state index in [2.05, 4.69) is 24.5 Å². The number of hydrogen-bond donors (Lipinski definition) is 2. The average molecular weight is 673 g/mol. The van der Waals surface area contributed by atoms with Gasteiger partial charge in [-0.15, -0.1) is 0 Å². The molecular formula is C38H64N4O6. The van der Waals surface area contributed by atoms with Gasteiger partial charge in [0.05, 0.1) is 36.6 Å². The fraction of sp³-hybridized carbons (Fsp3) is 0.737. The Kier molecular flexibility index (Phi) is 17.1. The highest BCUT2D eigenvalue weighted by Gasteiger charge is 2.42. The zero-order valence-corrected chi connectivity index (χ0v) is 31.5. The van der Waals surface area contributed by atoms with Gasteiger partial charge in [0.1, 0.15) is 6.04 Å². The van der Waals surface area contributed by atoms with Crippen LogP contribution in [0.15, 0.2) is 30.3 Å². The fourth-order valence-corrected chi connectivity index (χ4v) is 7.04. The second-order valence-corrected chi connectivity index (χ2v) is 14.6. The van der Waals surface area contributed by atoms with E-state index in [1.807, 2.05) is 76.8 Å². The molecule has 0 spiro atoms. The van der Waals surface area contributed by atoms with Crippen LogP contribution in [0, 0.1) is 23.7 Å². The number of ether oxygens (including phenoxy) is 2. The average Bonchev–Trinajstić information content (AvgIpc) is 3.52. The number of amides is 4. The standard InChI is InChI=1S/C38H64N4O6/c1-12-26(6)35(41(9)38(46)34(25(4)5)40-32(43)21-24(2)3)31(47-10)23-33(44)42-20-16-19-30(42)36(48-11)28(8)37(45)39-27(7)22-29-17-14-13-15-18-29/h13-15,17-18,24-28,30-31,34-36H,12,16,19-23H2,1-11H3,(H,39,45)(H,40,43)/t26-,27+,28+,30-,31+,34-,35-,36+/m0/s1. The van der Waals surface area contributed by atoms with Crippen LogP contribution in [0.4, 0.5) is 0 Å². The van der Waals surface area contributed by atoms with Crippen molar-refractivity contribution in [2.75, 3.05) is 27.8 Å². The third-order valence-corrected chi connectivity index (χ3v) is 9.87. The van der Waals surface area contributed by atoms with Gasteiger partial charge in [0.25, 0.3) is 0 Å². The van der Waals surface area contributed by atoms with Gasteiger partial charge in [0.2, 0.25) is 23.6 Å². The molecule has 0 aliphatic carbocycles. The van der Waals surface area contributed by atoms with Crippen molar-refractivity contribution in [1.82, 2.24) is 20.4 Å². The second kappa shape index (κ2) is 19.9. The van der Waals surface area contributed by atoms with Gasteiger partial charge in [-0.1, -0.05) is 85.2 Å². The molecule has 10 heteroatoms. The molecule has 1 aliphatic heterocycles. The number of likely N-dealkylation sites (tertiary alicyclic amines) is 1. The van der Waals surface area contributed by atoms with Crippen LogP contribution in [0.5, 0.6) is 0 Å². The molecule has 48 heavy (non-hydrogen) atoms. The van der Waals surface area contributed by atoms with E-state index in [1.54, 1.807) is 26.2 Å². The van der Waals surface area contributed by atoms with Crippen molar-refractivity contribution >= 4 is 23.6 Å². The lowest BCUT2D eigenvalue weighted by Gasteiger charge is -2.40. The molecule has 10 nitrogen and oxygen atoms in total. The van der Waals surface area contributed by atoms with Gasteiger partial charge in [-0.05, 0) is 49.5 Å². The van der Waals surface area contributed by atoms with E-state index in [-0.39, 0.29) is 59.9 Å². The lowest BCUT2D eigenvalue weighted by molar-refractivity contribution is -0.147. The van der Waals surface area contributed by atoms with E-state index >= 15 is 0 Å². The molecule has 1 aromatic rings. The molecule has 0 aromatic heterocycles. The molecule has 2 N–H and O–H groups in total. The van der Waals surface area contributed by atoms with Gasteiger partial charge in [0.15, 0.2) is 0 Å². The van der Waals surface area contributed by atoms with Crippen LogP contribution in [-0.2, 0) is 35.1 Å². The van der Waals surface area contributed by atoms with Crippen molar-refractivity contribution in [3.8, 4) is 0 Å². The Morgan fingerprint density at radius 3 is 2.12 bits per heavy atom. The Morgan fingerprint density at radius 2 is 1.58 bits per heavy atom. The number of carbonyl (C=O) groups is 4. The first-order chi connectivity index (χ1) is 22.7. The van der Waals surface area contributed by atoms with Crippen molar-refractivity contribution < 1.29 is 28.7 Å². The molecule has 0 radical (unpaired) electrons. The summed E-state index contributed by atoms with van der Waals surface area (Å²) in [7, 11) is 4.93. The maximum absolute atomic E-state index is 14.0. The lowest BCUT2D eigenvalue weighted by Crippen LogP contribution is -2.58. The van der Waals surface area contributed by atoms with E-state index in [9.17, 15) is 19.2 Å². The number of benzene rings is 1. The van der Waals surface area contributed by atoms with Crippen LogP contribution >= 0.6 is 0 Å². The summed E-state index contributed by atoms with van der Waals surface area (Å²) in [5.41, 5.74) is 1.15. The largest absolute Gasteiger partial charge is 0.379 e. The summed E-state index contributed by atoms with van der Waals surface area (Å²) in [6, 6.07) is 8.66. The molecule has 0 bridgehead atoms. The smallest absolute Gasteiger partial charge is 0.245 e. The van der Waals surface area contributed by atoms with Crippen molar-refractivity contribution in [2.45, 2.75) is 130 Å². The predicted molar refractivity (Wildman–Crippen MR) is 190 cm³/mol. The van der Waals surface area contributed by atoms with Gasteiger partial charge in [-0.3, -0.25) is 19.2 Å². The summed E-state index contributed by atoms with van der Waals surface area (Å²) >= 11 is 0. The maximum atomic E-state index is 14.0. The lowest BCUT2D eigenvalue weighted by atomic mass is 9.89. The predicted octanol–water partition coefficient (Wildman–Crippen LogP) is 4.84. The summed E-state index contributed by atoms with van der Waals surface area (Å²) in [5, 5.41) is 6.10. The third kappa shape index (κ3) is 11.6. The zero-order chi connectivity index (χ0) is 36.1. The minimum absolute atomic E-state index is 0.0265. The summed E-state index contributed by atoms with van der Waals surface area (Å²) in [4.78, 5) is 57.6. The minimum atomic E-state index is -0.686. The molecular weight excluding hydrogens is 608 g/mol. The van der Waals surface area contributed by atoms with Crippen LogP contribution in [-0.4, -0.2) is 97.6 Å². The van der Waals surface area contributed by atoms with E-state index in [1.165, 1.54) is 0 Å². The first kappa shape index (κ1) is 41.2. The normalized spacial score (nSPS) is 19.3. The number of rotatable bonds is 19. The van der Waals surface area contributed by atoms with Crippen molar-refractivity contribution in [2.24, 2.45) is 23.7 Å².